The van der Waals surface area contributed by atoms with E-state index in [-0.39, 0.29) is 41.1 Å². The first-order valence-electron chi connectivity index (χ1n) is 8.79. The molecule has 156 valence electrons. The summed E-state index contributed by atoms with van der Waals surface area (Å²) in [4.78, 5) is 23.5. The van der Waals surface area contributed by atoms with E-state index in [9.17, 15) is 9.59 Å². The van der Waals surface area contributed by atoms with Crippen molar-refractivity contribution < 1.29 is 23.5 Å². The maximum absolute atomic E-state index is 12.5. The van der Waals surface area contributed by atoms with E-state index >= 15 is 0 Å². The lowest BCUT2D eigenvalue weighted by atomic mass is 10.2. The van der Waals surface area contributed by atoms with Gasteiger partial charge >= 0.3 is 0 Å². The van der Waals surface area contributed by atoms with Crippen LogP contribution in [0.4, 0.5) is 0 Å². The summed E-state index contributed by atoms with van der Waals surface area (Å²) in [6.07, 6.45) is 0. The predicted octanol–water partition coefficient (Wildman–Crippen LogP) is 4.06. The van der Waals surface area contributed by atoms with Gasteiger partial charge in [-0.2, -0.15) is 0 Å². The van der Waals surface area contributed by atoms with Crippen molar-refractivity contribution >= 4 is 35.0 Å². The Kier molecular flexibility index (Phi) is 6.87. The molecule has 0 saturated carbocycles. The first-order chi connectivity index (χ1) is 14.4. The molecule has 0 unspecified atom stereocenters. The van der Waals surface area contributed by atoms with E-state index in [2.05, 4.69) is 5.32 Å². The highest BCUT2D eigenvalue weighted by Crippen LogP contribution is 2.36. The minimum absolute atomic E-state index is 0.115. The van der Waals surface area contributed by atoms with Gasteiger partial charge in [0, 0.05) is 16.1 Å². The van der Waals surface area contributed by atoms with Gasteiger partial charge in [-0.3, -0.25) is 9.59 Å². The van der Waals surface area contributed by atoms with E-state index in [0.29, 0.717) is 16.5 Å². The fourth-order valence-corrected chi connectivity index (χ4v) is 3.04. The highest BCUT2D eigenvalue weighted by molar-refractivity contribution is 6.32. The monoisotopic (exact) mass is 448 g/mol. The second-order valence-corrected chi connectivity index (χ2v) is 7.04. The van der Waals surface area contributed by atoms with Crippen molar-refractivity contribution in [2.75, 3.05) is 13.7 Å². The summed E-state index contributed by atoms with van der Waals surface area (Å²) in [7, 11) is 1.39. The second-order valence-electron chi connectivity index (χ2n) is 6.20. The molecule has 1 heterocycles. The van der Waals surface area contributed by atoms with E-state index in [4.69, 9.17) is 42.8 Å². The van der Waals surface area contributed by atoms with Gasteiger partial charge in [0.25, 0.3) is 11.8 Å². The molecule has 0 aliphatic rings. The summed E-state index contributed by atoms with van der Waals surface area (Å²) in [6, 6.07) is 13.7. The molecule has 2 aromatic carbocycles. The number of carbonyl (C=O) groups excluding carboxylic acids is 2. The summed E-state index contributed by atoms with van der Waals surface area (Å²) < 4.78 is 16.2. The van der Waals surface area contributed by atoms with Crippen LogP contribution in [-0.2, 0) is 11.3 Å². The minimum Gasteiger partial charge on any atom is -0.493 e. The number of halogens is 2. The van der Waals surface area contributed by atoms with Crippen LogP contribution in [0, 0.1) is 0 Å². The average Bonchev–Trinajstić information content (AvgIpc) is 3.20. The Hall–Kier alpha value is -3.16. The van der Waals surface area contributed by atoms with E-state index < -0.39 is 5.91 Å². The van der Waals surface area contributed by atoms with Crippen LogP contribution in [0.2, 0.25) is 10.0 Å². The van der Waals surface area contributed by atoms with Gasteiger partial charge in [0.05, 0.1) is 18.7 Å². The van der Waals surface area contributed by atoms with Crippen LogP contribution in [0.3, 0.4) is 0 Å². The van der Waals surface area contributed by atoms with Gasteiger partial charge in [-0.1, -0.05) is 23.2 Å². The number of nitrogens with two attached hydrogens (primary N) is 1. The van der Waals surface area contributed by atoms with Crippen LogP contribution in [-0.4, -0.2) is 25.5 Å². The zero-order valence-corrected chi connectivity index (χ0v) is 17.4. The number of carbonyl (C=O) groups is 2. The molecule has 0 saturated heterocycles. The maximum Gasteiger partial charge on any atom is 0.255 e. The Morgan fingerprint density at radius 1 is 1.10 bits per heavy atom. The minimum atomic E-state index is -0.661. The third-order valence-electron chi connectivity index (χ3n) is 4.06. The van der Waals surface area contributed by atoms with Gasteiger partial charge < -0.3 is 24.9 Å². The molecule has 7 nitrogen and oxygen atoms in total. The molecule has 3 rings (SSSR count). The Morgan fingerprint density at radius 3 is 2.50 bits per heavy atom. The molecule has 9 heteroatoms. The Balaban J connectivity index is 1.68. The number of benzene rings is 2. The maximum atomic E-state index is 12.5. The standard InChI is InChI=1S/C21H18Cl2N2O5/c1-28-18-9-13(8-16(23)20(18)29-11-19(24)26)21(27)25-10-15-6-7-17(30-15)12-2-4-14(22)5-3-12/h2-9H,10-11H2,1H3,(H2,24,26)(H,25,27). The number of hydrogen-bond acceptors (Lipinski definition) is 5. The Bertz CT molecular complexity index is 1060. The van der Waals surface area contributed by atoms with Crippen molar-refractivity contribution in [2.45, 2.75) is 6.54 Å². The number of amides is 2. The van der Waals surface area contributed by atoms with Gasteiger partial charge in [0.1, 0.15) is 11.5 Å². The number of furan rings is 1. The molecule has 0 aliphatic carbocycles. The van der Waals surface area contributed by atoms with E-state index in [0.717, 1.165) is 5.56 Å². The van der Waals surface area contributed by atoms with Gasteiger partial charge in [-0.05, 0) is 48.5 Å². The molecule has 0 bridgehead atoms. The number of nitrogens with one attached hydrogen (secondary N) is 1. The van der Waals surface area contributed by atoms with E-state index in [1.54, 1.807) is 18.2 Å². The highest BCUT2D eigenvalue weighted by atomic mass is 35.5. The van der Waals surface area contributed by atoms with Crippen molar-refractivity contribution in [3.63, 3.8) is 0 Å². The molecular weight excluding hydrogens is 431 g/mol. The summed E-state index contributed by atoms with van der Waals surface area (Å²) >= 11 is 12.1. The van der Waals surface area contributed by atoms with Crippen LogP contribution in [0.1, 0.15) is 16.1 Å². The first kappa shape index (κ1) is 21.5. The zero-order valence-electron chi connectivity index (χ0n) is 15.9. The van der Waals surface area contributed by atoms with Crippen LogP contribution in [0.25, 0.3) is 11.3 Å². The smallest absolute Gasteiger partial charge is 0.255 e. The van der Waals surface area contributed by atoms with Crippen LogP contribution in [0.5, 0.6) is 11.5 Å². The van der Waals surface area contributed by atoms with E-state index in [1.807, 2.05) is 18.2 Å². The molecule has 0 aliphatic heterocycles. The zero-order chi connectivity index (χ0) is 21.7. The average molecular weight is 449 g/mol. The molecule has 0 spiro atoms. The fourth-order valence-electron chi connectivity index (χ4n) is 2.65. The number of rotatable bonds is 8. The lowest BCUT2D eigenvalue weighted by Gasteiger charge is -2.13. The lowest BCUT2D eigenvalue weighted by Crippen LogP contribution is -2.23. The number of ether oxygens (including phenoxy) is 2. The van der Waals surface area contributed by atoms with Crippen LogP contribution in [0.15, 0.2) is 52.9 Å². The van der Waals surface area contributed by atoms with Crippen molar-refractivity contribution in [2.24, 2.45) is 5.73 Å². The Labute approximate surface area is 182 Å². The molecule has 0 radical (unpaired) electrons. The molecular formula is C21H18Cl2N2O5. The van der Waals surface area contributed by atoms with Gasteiger partial charge in [0.15, 0.2) is 18.1 Å². The van der Waals surface area contributed by atoms with Crippen LogP contribution < -0.4 is 20.5 Å². The molecule has 0 fully saturated rings. The number of hydrogen-bond donors (Lipinski definition) is 2. The Morgan fingerprint density at radius 2 is 1.83 bits per heavy atom. The fraction of sp³-hybridized carbons (Fsp3) is 0.143. The second kappa shape index (κ2) is 9.56. The molecule has 2 amide bonds. The highest BCUT2D eigenvalue weighted by Gasteiger charge is 2.17. The molecule has 0 atom stereocenters. The predicted molar refractivity (Wildman–Crippen MR) is 113 cm³/mol. The summed E-state index contributed by atoms with van der Waals surface area (Å²) in [6.45, 7) is -0.192. The SMILES string of the molecule is COc1cc(C(=O)NCc2ccc(-c3ccc(Cl)cc3)o2)cc(Cl)c1OCC(N)=O. The van der Waals surface area contributed by atoms with E-state index in [1.165, 1.54) is 19.2 Å². The molecule has 1 aromatic heterocycles. The van der Waals surface area contributed by atoms with Crippen molar-refractivity contribution in [1.82, 2.24) is 5.32 Å². The van der Waals surface area contributed by atoms with Crippen molar-refractivity contribution in [1.29, 1.82) is 0 Å². The molecule has 3 aromatic rings. The lowest BCUT2D eigenvalue weighted by molar-refractivity contribution is -0.119. The van der Waals surface area contributed by atoms with Crippen molar-refractivity contribution in [3.8, 4) is 22.8 Å². The quantitative estimate of drug-likeness (QED) is 0.540. The van der Waals surface area contributed by atoms with Crippen LogP contribution >= 0.6 is 23.2 Å². The molecule has 30 heavy (non-hydrogen) atoms. The largest absolute Gasteiger partial charge is 0.493 e. The summed E-state index contributed by atoms with van der Waals surface area (Å²) in [5.74, 6) is 0.530. The number of primary amides is 1. The van der Waals surface area contributed by atoms with Gasteiger partial charge in [0.2, 0.25) is 0 Å². The third kappa shape index (κ3) is 5.25. The molecule has 3 N–H and O–H groups in total. The van der Waals surface area contributed by atoms with Gasteiger partial charge in [-0.25, -0.2) is 0 Å². The summed E-state index contributed by atoms with van der Waals surface area (Å²) in [5, 5.41) is 3.51. The van der Waals surface area contributed by atoms with Gasteiger partial charge in [-0.15, -0.1) is 0 Å². The van der Waals surface area contributed by atoms with Crippen molar-refractivity contribution in [3.05, 3.63) is 69.9 Å². The topological polar surface area (TPSA) is 104 Å². The third-order valence-corrected chi connectivity index (χ3v) is 4.60. The first-order valence-corrected chi connectivity index (χ1v) is 9.54. The normalized spacial score (nSPS) is 10.5. The summed E-state index contributed by atoms with van der Waals surface area (Å²) in [5.41, 5.74) is 6.21. The number of methoxy groups -OCH3 is 1.